The molecule has 0 amide bonds. The molecule has 1 aromatic rings. The van der Waals surface area contributed by atoms with E-state index in [1.54, 1.807) is 0 Å². The first-order chi connectivity index (χ1) is 7.29. The van der Waals surface area contributed by atoms with Gasteiger partial charge in [0.15, 0.2) is 0 Å². The van der Waals surface area contributed by atoms with Gasteiger partial charge in [-0.25, -0.2) is 0 Å². The van der Waals surface area contributed by atoms with Crippen LogP contribution in [0.2, 0.25) is 0 Å². The molecule has 1 fully saturated rings. The lowest BCUT2D eigenvalue weighted by molar-refractivity contribution is 0.208. The Labute approximate surface area is 92.9 Å². The molecule has 82 valence electrons. The van der Waals surface area contributed by atoms with Crippen molar-refractivity contribution in [3.8, 4) is 0 Å². The summed E-state index contributed by atoms with van der Waals surface area (Å²) in [5.41, 5.74) is 1.94. The van der Waals surface area contributed by atoms with Crippen LogP contribution >= 0.6 is 0 Å². The molecule has 15 heavy (non-hydrogen) atoms. The monoisotopic (exact) mass is 203 g/mol. The maximum absolute atomic E-state index is 3.49. The summed E-state index contributed by atoms with van der Waals surface area (Å²) in [6.45, 7) is 7.02. The Morgan fingerprint density at radius 2 is 2.07 bits per heavy atom. The maximum atomic E-state index is 3.49. The number of nitrogens with one attached hydrogen (secondary N) is 1. The van der Waals surface area contributed by atoms with Crippen LogP contribution in [0.1, 0.15) is 32.3 Å². The number of hydrogen-bond acceptors (Lipinski definition) is 1. The van der Waals surface area contributed by atoms with Gasteiger partial charge in [0.05, 0.1) is 0 Å². The van der Waals surface area contributed by atoms with Crippen LogP contribution in [-0.2, 0) is 5.41 Å². The molecule has 0 aliphatic carbocycles. The zero-order chi connectivity index (χ0) is 10.7. The molecule has 1 nitrogen and oxygen atoms in total. The van der Waals surface area contributed by atoms with E-state index in [2.05, 4.69) is 49.5 Å². The highest BCUT2D eigenvalue weighted by Crippen LogP contribution is 2.40. The average molecular weight is 203 g/mol. The van der Waals surface area contributed by atoms with Crippen molar-refractivity contribution in [2.24, 2.45) is 5.92 Å². The van der Waals surface area contributed by atoms with Gasteiger partial charge >= 0.3 is 0 Å². The molecule has 1 saturated heterocycles. The summed E-state index contributed by atoms with van der Waals surface area (Å²) >= 11 is 0. The normalized spacial score (nSPS) is 31.5. The van der Waals surface area contributed by atoms with Crippen LogP contribution in [0.4, 0.5) is 0 Å². The minimum absolute atomic E-state index is 0.409. The number of rotatable bonds is 2. The fraction of sp³-hybridized carbons (Fsp3) is 0.571. The molecule has 0 unspecified atom stereocenters. The zero-order valence-electron chi connectivity index (χ0n) is 9.79. The van der Waals surface area contributed by atoms with Gasteiger partial charge in [-0.15, -0.1) is 0 Å². The first-order valence-electron chi connectivity index (χ1n) is 6.06. The van der Waals surface area contributed by atoms with Gasteiger partial charge in [0.2, 0.25) is 0 Å². The van der Waals surface area contributed by atoms with E-state index in [0.29, 0.717) is 5.41 Å². The zero-order valence-corrected chi connectivity index (χ0v) is 9.79. The lowest BCUT2D eigenvalue weighted by atomic mass is 9.65. The smallest absolute Gasteiger partial charge is 0.0000114 e. The lowest BCUT2D eigenvalue weighted by Gasteiger charge is -2.43. The molecule has 2 rings (SSSR count). The fourth-order valence-corrected chi connectivity index (χ4v) is 3.00. The summed E-state index contributed by atoms with van der Waals surface area (Å²) in [5.74, 6) is 0.735. The Morgan fingerprint density at radius 3 is 2.67 bits per heavy atom. The van der Waals surface area contributed by atoms with Crippen molar-refractivity contribution >= 4 is 0 Å². The van der Waals surface area contributed by atoms with Crippen molar-refractivity contribution in [3.05, 3.63) is 35.9 Å². The number of benzene rings is 1. The highest BCUT2D eigenvalue weighted by atomic mass is 14.9. The van der Waals surface area contributed by atoms with Crippen molar-refractivity contribution in [2.45, 2.75) is 32.1 Å². The summed E-state index contributed by atoms with van der Waals surface area (Å²) in [4.78, 5) is 0. The Balaban J connectivity index is 2.35. The van der Waals surface area contributed by atoms with Gasteiger partial charge in [-0.2, -0.15) is 0 Å². The molecule has 0 saturated carbocycles. The molecule has 1 aliphatic heterocycles. The molecule has 1 N–H and O–H groups in total. The van der Waals surface area contributed by atoms with Crippen LogP contribution in [0.25, 0.3) is 0 Å². The molecule has 2 atom stereocenters. The Bertz CT molecular complexity index is 306. The minimum atomic E-state index is 0.409. The molecular weight excluding hydrogens is 182 g/mol. The summed E-state index contributed by atoms with van der Waals surface area (Å²) in [5, 5.41) is 3.49. The standard InChI is InChI=1S/C14H21N/c1-3-14(9-10-15-11-12(14)2)13-7-5-4-6-8-13/h4-8,12,15H,3,9-11H2,1-2H3/t12-,14+/m0/s1. The Morgan fingerprint density at radius 1 is 1.33 bits per heavy atom. The molecule has 1 heterocycles. The molecule has 1 heteroatoms. The number of hydrogen-bond donors (Lipinski definition) is 1. The van der Waals surface area contributed by atoms with Crippen molar-refractivity contribution in [3.63, 3.8) is 0 Å². The molecule has 0 bridgehead atoms. The van der Waals surface area contributed by atoms with Gasteiger partial charge in [-0.1, -0.05) is 44.2 Å². The predicted octanol–water partition coefficient (Wildman–Crippen LogP) is 2.96. The first kappa shape index (κ1) is 10.7. The second-order valence-electron chi connectivity index (χ2n) is 4.73. The number of piperidine rings is 1. The Kier molecular flexibility index (Phi) is 3.11. The van der Waals surface area contributed by atoms with E-state index in [0.717, 1.165) is 19.0 Å². The summed E-state index contributed by atoms with van der Waals surface area (Å²) in [6.07, 6.45) is 2.52. The average Bonchev–Trinajstić information content (AvgIpc) is 2.31. The second-order valence-corrected chi connectivity index (χ2v) is 4.73. The van der Waals surface area contributed by atoms with E-state index in [9.17, 15) is 0 Å². The van der Waals surface area contributed by atoms with Gasteiger partial charge in [-0.3, -0.25) is 0 Å². The van der Waals surface area contributed by atoms with Crippen molar-refractivity contribution < 1.29 is 0 Å². The van der Waals surface area contributed by atoms with Gasteiger partial charge in [0, 0.05) is 5.41 Å². The van der Waals surface area contributed by atoms with Crippen molar-refractivity contribution in [1.29, 1.82) is 0 Å². The SMILES string of the molecule is CC[C@@]1(c2ccccc2)CCNC[C@@H]1C. The molecular formula is C14H21N. The van der Waals surface area contributed by atoms with E-state index in [-0.39, 0.29) is 0 Å². The fourth-order valence-electron chi connectivity index (χ4n) is 3.00. The van der Waals surface area contributed by atoms with E-state index < -0.39 is 0 Å². The third-order valence-electron chi connectivity index (χ3n) is 4.12. The third-order valence-corrected chi connectivity index (χ3v) is 4.12. The first-order valence-corrected chi connectivity index (χ1v) is 6.06. The van der Waals surface area contributed by atoms with Crippen molar-refractivity contribution in [1.82, 2.24) is 5.32 Å². The van der Waals surface area contributed by atoms with Gasteiger partial charge in [0.1, 0.15) is 0 Å². The summed E-state index contributed by atoms with van der Waals surface area (Å²) in [7, 11) is 0. The highest BCUT2D eigenvalue weighted by molar-refractivity contribution is 5.27. The second kappa shape index (κ2) is 4.36. The van der Waals surface area contributed by atoms with E-state index in [1.807, 2.05) is 0 Å². The van der Waals surface area contributed by atoms with E-state index in [1.165, 1.54) is 18.4 Å². The topological polar surface area (TPSA) is 12.0 Å². The third kappa shape index (κ3) is 1.81. The maximum Gasteiger partial charge on any atom is 0.0000114 e. The van der Waals surface area contributed by atoms with Gasteiger partial charge in [0.25, 0.3) is 0 Å². The van der Waals surface area contributed by atoms with Crippen LogP contribution in [0.3, 0.4) is 0 Å². The van der Waals surface area contributed by atoms with Crippen LogP contribution in [0.5, 0.6) is 0 Å². The Hall–Kier alpha value is -0.820. The highest BCUT2D eigenvalue weighted by Gasteiger charge is 2.37. The van der Waals surface area contributed by atoms with Crippen LogP contribution in [-0.4, -0.2) is 13.1 Å². The van der Waals surface area contributed by atoms with Gasteiger partial charge < -0.3 is 5.32 Å². The van der Waals surface area contributed by atoms with Crippen LogP contribution < -0.4 is 5.32 Å². The summed E-state index contributed by atoms with van der Waals surface area (Å²) in [6, 6.07) is 11.0. The quantitative estimate of drug-likeness (QED) is 0.779. The van der Waals surface area contributed by atoms with Crippen LogP contribution in [0.15, 0.2) is 30.3 Å². The molecule has 0 aromatic heterocycles. The van der Waals surface area contributed by atoms with Crippen molar-refractivity contribution in [2.75, 3.05) is 13.1 Å². The molecule has 1 aliphatic rings. The molecule has 1 aromatic carbocycles. The largest absolute Gasteiger partial charge is 0.316 e. The lowest BCUT2D eigenvalue weighted by Crippen LogP contribution is -2.46. The van der Waals surface area contributed by atoms with E-state index >= 15 is 0 Å². The van der Waals surface area contributed by atoms with Gasteiger partial charge in [-0.05, 0) is 37.4 Å². The summed E-state index contributed by atoms with van der Waals surface area (Å²) < 4.78 is 0. The molecule has 0 radical (unpaired) electrons. The predicted molar refractivity (Wildman–Crippen MR) is 65.1 cm³/mol. The minimum Gasteiger partial charge on any atom is -0.316 e. The van der Waals surface area contributed by atoms with Crippen LogP contribution in [0, 0.1) is 5.92 Å². The molecule has 0 spiro atoms. The van der Waals surface area contributed by atoms with E-state index in [4.69, 9.17) is 0 Å².